The maximum absolute atomic E-state index is 4.47. The number of hydrogen-bond donors (Lipinski definition) is 2. The number of aromatic nitrogens is 2. The lowest BCUT2D eigenvalue weighted by Gasteiger charge is -2.32. The number of nitrogens with zero attached hydrogens (tertiary/aromatic N) is 3. The SMILES string of the molecule is CN=C(NCc1c(C)nn(C)c1C)NC1CCC(C(C)C)CC1. The number of aliphatic imine (C=N–C) groups is 1. The van der Waals surface area contributed by atoms with E-state index >= 15 is 0 Å². The summed E-state index contributed by atoms with van der Waals surface area (Å²) in [5.41, 5.74) is 3.56. The molecule has 1 fully saturated rings. The molecule has 2 N–H and O–H groups in total. The fourth-order valence-electron chi connectivity index (χ4n) is 3.56. The highest BCUT2D eigenvalue weighted by atomic mass is 15.3. The van der Waals surface area contributed by atoms with Crippen LogP contribution >= 0.6 is 0 Å². The molecule has 0 bridgehead atoms. The molecule has 1 saturated carbocycles. The Morgan fingerprint density at radius 3 is 2.39 bits per heavy atom. The summed E-state index contributed by atoms with van der Waals surface area (Å²) in [7, 11) is 3.84. The quantitative estimate of drug-likeness (QED) is 0.663. The lowest BCUT2D eigenvalue weighted by Crippen LogP contribution is -2.44. The lowest BCUT2D eigenvalue weighted by atomic mass is 9.80. The molecule has 23 heavy (non-hydrogen) atoms. The van der Waals surface area contributed by atoms with Crippen molar-refractivity contribution in [3.8, 4) is 0 Å². The minimum absolute atomic E-state index is 0.548. The van der Waals surface area contributed by atoms with Gasteiger partial charge in [-0.25, -0.2) is 0 Å². The maximum atomic E-state index is 4.47. The molecule has 5 nitrogen and oxygen atoms in total. The highest BCUT2D eigenvalue weighted by Crippen LogP contribution is 2.29. The normalized spacial score (nSPS) is 22.5. The first kappa shape index (κ1) is 17.8. The standard InChI is InChI=1S/C18H33N5/c1-12(2)15-7-9-16(10-8-15)21-18(19-5)20-11-17-13(3)22-23(6)14(17)4/h12,15-16H,7-11H2,1-6H3,(H2,19,20,21). The number of nitrogens with one attached hydrogen (secondary N) is 2. The van der Waals surface area contributed by atoms with Gasteiger partial charge in [0.05, 0.1) is 5.69 Å². The van der Waals surface area contributed by atoms with Crippen LogP contribution in [0, 0.1) is 25.7 Å². The van der Waals surface area contributed by atoms with E-state index in [0.29, 0.717) is 6.04 Å². The summed E-state index contributed by atoms with van der Waals surface area (Å²) in [6.07, 6.45) is 5.14. The van der Waals surface area contributed by atoms with Gasteiger partial charge in [0.2, 0.25) is 0 Å². The minimum atomic E-state index is 0.548. The molecule has 130 valence electrons. The zero-order valence-corrected chi connectivity index (χ0v) is 15.6. The van der Waals surface area contributed by atoms with Crippen molar-refractivity contribution in [2.45, 2.75) is 66.0 Å². The summed E-state index contributed by atoms with van der Waals surface area (Å²) in [5, 5.41) is 11.5. The Kier molecular flexibility index (Phi) is 6.08. The molecule has 0 spiro atoms. The Morgan fingerprint density at radius 2 is 1.91 bits per heavy atom. The van der Waals surface area contributed by atoms with Crippen LogP contribution in [0.15, 0.2) is 4.99 Å². The summed E-state index contributed by atoms with van der Waals surface area (Å²) in [6, 6.07) is 0.548. The molecule has 0 aromatic carbocycles. The van der Waals surface area contributed by atoms with Crippen molar-refractivity contribution in [3.05, 3.63) is 17.0 Å². The maximum Gasteiger partial charge on any atom is 0.191 e. The van der Waals surface area contributed by atoms with E-state index in [9.17, 15) is 0 Å². The van der Waals surface area contributed by atoms with Crippen LogP contribution in [0.5, 0.6) is 0 Å². The largest absolute Gasteiger partial charge is 0.354 e. The van der Waals surface area contributed by atoms with Gasteiger partial charge in [0.15, 0.2) is 5.96 Å². The van der Waals surface area contributed by atoms with E-state index in [-0.39, 0.29) is 0 Å². The Labute approximate surface area is 141 Å². The van der Waals surface area contributed by atoms with Crippen molar-refractivity contribution in [1.82, 2.24) is 20.4 Å². The van der Waals surface area contributed by atoms with E-state index in [1.807, 2.05) is 18.8 Å². The summed E-state index contributed by atoms with van der Waals surface area (Å²) >= 11 is 0. The third kappa shape index (κ3) is 4.49. The van der Waals surface area contributed by atoms with Gasteiger partial charge >= 0.3 is 0 Å². The molecule has 0 atom stereocenters. The monoisotopic (exact) mass is 319 g/mol. The van der Waals surface area contributed by atoms with Crippen molar-refractivity contribution >= 4 is 5.96 Å². The highest BCUT2D eigenvalue weighted by Gasteiger charge is 2.23. The first-order chi connectivity index (χ1) is 10.9. The van der Waals surface area contributed by atoms with Gasteiger partial charge in [0, 0.05) is 37.9 Å². The number of guanidine groups is 1. The second-order valence-corrected chi connectivity index (χ2v) is 7.20. The molecule has 0 unspecified atom stereocenters. The first-order valence-corrected chi connectivity index (χ1v) is 8.88. The number of hydrogen-bond acceptors (Lipinski definition) is 2. The molecular weight excluding hydrogens is 286 g/mol. The third-order valence-electron chi connectivity index (χ3n) is 5.37. The van der Waals surface area contributed by atoms with Gasteiger partial charge in [0.25, 0.3) is 0 Å². The zero-order chi connectivity index (χ0) is 17.0. The lowest BCUT2D eigenvalue weighted by molar-refractivity contribution is 0.250. The third-order valence-corrected chi connectivity index (χ3v) is 5.37. The molecule has 1 aromatic heterocycles. The summed E-state index contributed by atoms with van der Waals surface area (Å²) in [6.45, 7) is 9.63. The summed E-state index contributed by atoms with van der Waals surface area (Å²) in [4.78, 5) is 4.38. The van der Waals surface area contributed by atoms with E-state index in [4.69, 9.17) is 0 Å². The molecule has 1 heterocycles. The van der Waals surface area contributed by atoms with Gasteiger partial charge in [0.1, 0.15) is 0 Å². The van der Waals surface area contributed by atoms with Gasteiger partial charge in [-0.2, -0.15) is 5.10 Å². The molecule has 0 amide bonds. The van der Waals surface area contributed by atoms with Crippen LogP contribution < -0.4 is 10.6 Å². The van der Waals surface area contributed by atoms with Gasteiger partial charge in [-0.05, 0) is 51.4 Å². The fraction of sp³-hybridized carbons (Fsp3) is 0.778. The zero-order valence-electron chi connectivity index (χ0n) is 15.6. The first-order valence-electron chi connectivity index (χ1n) is 8.88. The Morgan fingerprint density at radius 1 is 1.26 bits per heavy atom. The van der Waals surface area contributed by atoms with E-state index in [2.05, 4.69) is 48.4 Å². The fourth-order valence-corrected chi connectivity index (χ4v) is 3.56. The summed E-state index contributed by atoms with van der Waals surface area (Å²) < 4.78 is 1.94. The highest BCUT2D eigenvalue weighted by molar-refractivity contribution is 5.80. The van der Waals surface area contributed by atoms with Crippen molar-refractivity contribution in [1.29, 1.82) is 0 Å². The van der Waals surface area contributed by atoms with Crippen LogP contribution in [0.1, 0.15) is 56.5 Å². The van der Waals surface area contributed by atoms with Crippen molar-refractivity contribution in [3.63, 3.8) is 0 Å². The average molecular weight is 319 g/mol. The number of aryl methyl sites for hydroxylation is 2. The molecule has 1 aromatic rings. The smallest absolute Gasteiger partial charge is 0.191 e. The Hall–Kier alpha value is -1.52. The predicted octanol–water partition coefficient (Wildman–Crippen LogP) is 2.92. The Balaban J connectivity index is 1.85. The van der Waals surface area contributed by atoms with Crippen LogP contribution in [0.4, 0.5) is 0 Å². The molecule has 5 heteroatoms. The molecule has 0 saturated heterocycles. The molecule has 1 aliphatic rings. The van der Waals surface area contributed by atoms with E-state index in [1.54, 1.807) is 0 Å². The average Bonchev–Trinajstić information content (AvgIpc) is 2.77. The van der Waals surface area contributed by atoms with E-state index < -0.39 is 0 Å². The Bertz CT molecular complexity index is 536. The van der Waals surface area contributed by atoms with Gasteiger partial charge in [-0.3, -0.25) is 9.67 Å². The van der Waals surface area contributed by atoms with Crippen LogP contribution in [-0.4, -0.2) is 28.8 Å². The molecule has 1 aliphatic carbocycles. The van der Waals surface area contributed by atoms with Crippen molar-refractivity contribution in [2.75, 3.05) is 7.05 Å². The van der Waals surface area contributed by atoms with Crippen LogP contribution in [0.25, 0.3) is 0 Å². The second kappa shape index (κ2) is 7.84. The van der Waals surface area contributed by atoms with Gasteiger partial charge in [-0.1, -0.05) is 13.8 Å². The molecule has 0 radical (unpaired) electrons. The molecule has 0 aliphatic heterocycles. The van der Waals surface area contributed by atoms with Crippen LogP contribution in [0.3, 0.4) is 0 Å². The van der Waals surface area contributed by atoms with Crippen molar-refractivity contribution in [2.24, 2.45) is 23.9 Å². The van der Waals surface area contributed by atoms with E-state index in [1.165, 1.54) is 36.9 Å². The van der Waals surface area contributed by atoms with Gasteiger partial charge in [-0.15, -0.1) is 0 Å². The second-order valence-electron chi connectivity index (χ2n) is 7.20. The van der Waals surface area contributed by atoms with Crippen LogP contribution in [0.2, 0.25) is 0 Å². The van der Waals surface area contributed by atoms with E-state index in [0.717, 1.165) is 30.0 Å². The molecular formula is C18H33N5. The molecule has 2 rings (SSSR count). The number of rotatable bonds is 4. The summed E-state index contributed by atoms with van der Waals surface area (Å²) in [5.74, 6) is 2.61. The van der Waals surface area contributed by atoms with Crippen LogP contribution in [-0.2, 0) is 13.6 Å². The predicted molar refractivity (Wildman–Crippen MR) is 96.6 cm³/mol. The van der Waals surface area contributed by atoms with Crippen molar-refractivity contribution < 1.29 is 0 Å². The van der Waals surface area contributed by atoms with Gasteiger partial charge < -0.3 is 10.6 Å². The minimum Gasteiger partial charge on any atom is -0.354 e. The topological polar surface area (TPSA) is 54.2 Å².